The zero-order valence-electron chi connectivity index (χ0n) is 13.0. The van der Waals surface area contributed by atoms with Crippen LogP contribution in [-0.2, 0) is 24.4 Å². The van der Waals surface area contributed by atoms with Crippen molar-refractivity contribution >= 4 is 5.82 Å². The summed E-state index contributed by atoms with van der Waals surface area (Å²) in [5.41, 5.74) is 2.12. The van der Waals surface area contributed by atoms with Gasteiger partial charge >= 0.3 is 0 Å². The minimum absolute atomic E-state index is 0.695. The Bertz CT molecular complexity index is 592. The van der Waals surface area contributed by atoms with Crippen LogP contribution in [0.25, 0.3) is 0 Å². The van der Waals surface area contributed by atoms with Crippen LogP contribution in [0.5, 0.6) is 0 Å². The number of pyridine rings is 1. The molecule has 0 spiro atoms. The molecule has 22 heavy (non-hydrogen) atoms. The summed E-state index contributed by atoms with van der Waals surface area (Å²) >= 11 is 0. The minimum atomic E-state index is 0.695. The molecule has 1 aliphatic rings. The van der Waals surface area contributed by atoms with E-state index >= 15 is 0 Å². The zero-order chi connectivity index (χ0) is 15.2. The number of rotatable bonds is 6. The Hall–Kier alpha value is -1.92. The first-order valence-corrected chi connectivity index (χ1v) is 7.84. The highest BCUT2D eigenvalue weighted by atomic mass is 16.5. The van der Waals surface area contributed by atoms with Gasteiger partial charge in [0.1, 0.15) is 5.82 Å². The summed E-state index contributed by atoms with van der Waals surface area (Å²) in [6, 6.07) is 6.13. The molecule has 3 rings (SSSR count). The van der Waals surface area contributed by atoms with Crippen LogP contribution in [0, 0.1) is 0 Å². The van der Waals surface area contributed by atoms with E-state index in [1.54, 1.807) is 0 Å². The van der Waals surface area contributed by atoms with Crippen molar-refractivity contribution in [3.05, 3.63) is 42.1 Å². The molecule has 1 N–H and O–H groups in total. The Morgan fingerprint density at radius 2 is 2.09 bits per heavy atom. The monoisotopic (exact) mass is 301 g/mol. The number of hydrogen-bond acceptors (Lipinski definition) is 5. The fourth-order valence-electron chi connectivity index (χ4n) is 2.51. The fourth-order valence-corrected chi connectivity index (χ4v) is 2.51. The van der Waals surface area contributed by atoms with Crippen molar-refractivity contribution in [2.45, 2.75) is 26.6 Å². The zero-order valence-corrected chi connectivity index (χ0v) is 13.0. The van der Waals surface area contributed by atoms with Crippen molar-refractivity contribution in [2.24, 2.45) is 0 Å². The lowest BCUT2D eigenvalue weighted by atomic mass is 10.3. The predicted molar refractivity (Wildman–Crippen MR) is 85.6 cm³/mol. The molecule has 1 aliphatic heterocycles. The average molecular weight is 301 g/mol. The van der Waals surface area contributed by atoms with Gasteiger partial charge in [-0.2, -0.15) is 0 Å². The first-order valence-electron chi connectivity index (χ1n) is 7.84. The molecule has 6 heteroatoms. The smallest absolute Gasteiger partial charge is 0.126 e. The van der Waals surface area contributed by atoms with Crippen molar-refractivity contribution in [3.63, 3.8) is 0 Å². The number of anilines is 1. The van der Waals surface area contributed by atoms with Crippen LogP contribution in [0.4, 0.5) is 5.82 Å². The SMILES string of the molecule is CCn1cnc(CNc2cccc(CN3CCOCC3)n2)c1. The molecule has 0 aromatic carbocycles. The highest BCUT2D eigenvalue weighted by Gasteiger charge is 2.11. The second-order valence-corrected chi connectivity index (χ2v) is 5.45. The number of nitrogens with zero attached hydrogens (tertiary/aromatic N) is 4. The van der Waals surface area contributed by atoms with E-state index in [1.807, 2.05) is 12.4 Å². The van der Waals surface area contributed by atoms with Crippen LogP contribution < -0.4 is 5.32 Å². The fraction of sp³-hybridized carbons (Fsp3) is 0.500. The lowest BCUT2D eigenvalue weighted by Gasteiger charge is -2.26. The van der Waals surface area contributed by atoms with Crippen molar-refractivity contribution in [2.75, 3.05) is 31.6 Å². The van der Waals surface area contributed by atoms with E-state index in [0.717, 1.165) is 56.6 Å². The van der Waals surface area contributed by atoms with Crippen LogP contribution in [0.3, 0.4) is 0 Å². The number of nitrogens with one attached hydrogen (secondary N) is 1. The molecule has 0 amide bonds. The molecule has 2 aromatic heterocycles. The maximum Gasteiger partial charge on any atom is 0.126 e. The number of morpholine rings is 1. The van der Waals surface area contributed by atoms with E-state index in [4.69, 9.17) is 4.74 Å². The molecule has 0 radical (unpaired) electrons. The van der Waals surface area contributed by atoms with Crippen molar-refractivity contribution in [1.29, 1.82) is 0 Å². The summed E-state index contributed by atoms with van der Waals surface area (Å²) in [5.74, 6) is 0.900. The van der Waals surface area contributed by atoms with Gasteiger partial charge in [0, 0.05) is 32.4 Å². The quantitative estimate of drug-likeness (QED) is 0.881. The second kappa shape index (κ2) is 7.38. The number of imidazole rings is 1. The highest BCUT2D eigenvalue weighted by Crippen LogP contribution is 2.10. The molecule has 2 aromatic rings. The van der Waals surface area contributed by atoms with Crippen LogP contribution in [0.15, 0.2) is 30.7 Å². The summed E-state index contributed by atoms with van der Waals surface area (Å²) in [7, 11) is 0. The van der Waals surface area contributed by atoms with E-state index < -0.39 is 0 Å². The summed E-state index contributed by atoms with van der Waals surface area (Å²) in [4.78, 5) is 11.4. The van der Waals surface area contributed by atoms with Gasteiger partial charge in [-0.15, -0.1) is 0 Å². The molecular formula is C16H23N5O. The predicted octanol–water partition coefficient (Wildman–Crippen LogP) is 1.74. The Labute approximate surface area is 131 Å². The molecule has 3 heterocycles. The van der Waals surface area contributed by atoms with Crippen molar-refractivity contribution < 1.29 is 4.74 Å². The number of hydrogen-bond donors (Lipinski definition) is 1. The summed E-state index contributed by atoms with van der Waals surface area (Å²) in [5, 5.41) is 3.35. The minimum Gasteiger partial charge on any atom is -0.379 e. The standard InChI is InChI=1S/C16H23N5O/c1-2-20-12-15(18-13-20)10-17-16-5-3-4-14(19-16)11-21-6-8-22-9-7-21/h3-5,12-13H,2,6-11H2,1H3,(H,17,19). The number of aromatic nitrogens is 3. The lowest BCUT2D eigenvalue weighted by Crippen LogP contribution is -2.35. The largest absolute Gasteiger partial charge is 0.379 e. The Kier molecular flexibility index (Phi) is 5.03. The van der Waals surface area contributed by atoms with Gasteiger partial charge in [0.2, 0.25) is 0 Å². The van der Waals surface area contributed by atoms with Gasteiger partial charge in [0.25, 0.3) is 0 Å². The maximum absolute atomic E-state index is 5.38. The van der Waals surface area contributed by atoms with Gasteiger partial charge in [-0.3, -0.25) is 4.90 Å². The van der Waals surface area contributed by atoms with E-state index in [0.29, 0.717) is 6.54 Å². The molecule has 1 fully saturated rings. The summed E-state index contributed by atoms with van der Waals surface area (Å²) < 4.78 is 7.45. The summed E-state index contributed by atoms with van der Waals surface area (Å²) in [6.45, 7) is 8.22. The van der Waals surface area contributed by atoms with Crippen molar-refractivity contribution in [1.82, 2.24) is 19.4 Å². The highest BCUT2D eigenvalue weighted by molar-refractivity contribution is 5.35. The van der Waals surface area contributed by atoms with Gasteiger partial charge in [-0.1, -0.05) is 6.07 Å². The first kappa shape index (κ1) is 15.0. The third-order valence-electron chi connectivity index (χ3n) is 3.80. The number of aryl methyl sites for hydroxylation is 1. The average Bonchev–Trinajstić information content (AvgIpc) is 3.02. The molecule has 118 valence electrons. The van der Waals surface area contributed by atoms with Crippen LogP contribution >= 0.6 is 0 Å². The van der Waals surface area contributed by atoms with E-state index in [1.165, 1.54) is 0 Å². The van der Waals surface area contributed by atoms with E-state index in [9.17, 15) is 0 Å². The Balaban J connectivity index is 1.56. The maximum atomic E-state index is 5.38. The van der Waals surface area contributed by atoms with Gasteiger partial charge < -0.3 is 14.6 Å². The third kappa shape index (κ3) is 4.05. The van der Waals surface area contributed by atoms with Crippen LogP contribution in [0.2, 0.25) is 0 Å². The first-order chi connectivity index (χ1) is 10.8. The topological polar surface area (TPSA) is 55.2 Å². The Morgan fingerprint density at radius 3 is 2.86 bits per heavy atom. The summed E-state index contributed by atoms with van der Waals surface area (Å²) in [6.07, 6.45) is 3.92. The Morgan fingerprint density at radius 1 is 1.23 bits per heavy atom. The number of ether oxygens (including phenoxy) is 1. The van der Waals surface area contributed by atoms with Gasteiger partial charge in [0.15, 0.2) is 0 Å². The lowest BCUT2D eigenvalue weighted by molar-refractivity contribution is 0.0337. The molecule has 0 bridgehead atoms. The van der Waals surface area contributed by atoms with Gasteiger partial charge in [-0.05, 0) is 19.1 Å². The van der Waals surface area contributed by atoms with Crippen molar-refractivity contribution in [3.8, 4) is 0 Å². The molecular weight excluding hydrogens is 278 g/mol. The van der Waals surface area contributed by atoms with E-state index in [-0.39, 0.29) is 0 Å². The molecule has 0 saturated carbocycles. The van der Waals surface area contributed by atoms with Crippen LogP contribution in [0.1, 0.15) is 18.3 Å². The van der Waals surface area contributed by atoms with E-state index in [2.05, 4.69) is 50.0 Å². The normalized spacial score (nSPS) is 15.9. The third-order valence-corrected chi connectivity index (χ3v) is 3.80. The second-order valence-electron chi connectivity index (χ2n) is 5.45. The molecule has 0 aliphatic carbocycles. The van der Waals surface area contributed by atoms with Gasteiger partial charge in [-0.25, -0.2) is 9.97 Å². The van der Waals surface area contributed by atoms with Gasteiger partial charge in [0.05, 0.1) is 37.5 Å². The molecule has 6 nitrogen and oxygen atoms in total. The molecule has 0 atom stereocenters. The van der Waals surface area contributed by atoms with Crippen LogP contribution in [-0.4, -0.2) is 45.7 Å². The molecule has 1 saturated heterocycles. The molecule has 0 unspecified atom stereocenters.